The summed E-state index contributed by atoms with van der Waals surface area (Å²) in [4.78, 5) is 34.0. The van der Waals surface area contributed by atoms with Gasteiger partial charge in [0.1, 0.15) is 17.6 Å². The summed E-state index contributed by atoms with van der Waals surface area (Å²) < 4.78 is 18.8. The highest BCUT2D eigenvalue weighted by Crippen LogP contribution is 2.46. The molecule has 234 valence electrons. The molecule has 1 saturated heterocycles. The van der Waals surface area contributed by atoms with Crippen LogP contribution in [0.1, 0.15) is 68.0 Å². The van der Waals surface area contributed by atoms with E-state index in [-0.39, 0.29) is 17.4 Å². The van der Waals surface area contributed by atoms with E-state index in [1.807, 2.05) is 52.0 Å². The van der Waals surface area contributed by atoms with Crippen molar-refractivity contribution in [3.63, 3.8) is 0 Å². The number of carbonyl (C=O) groups excluding carboxylic acids is 2. The first-order valence-electron chi connectivity index (χ1n) is 15.4. The molecular weight excluding hydrogens is 588 g/mol. The van der Waals surface area contributed by atoms with Gasteiger partial charge in [0.05, 0.1) is 35.0 Å². The van der Waals surface area contributed by atoms with Crippen LogP contribution < -0.4 is 19.1 Å². The number of aromatic nitrogens is 1. The molecule has 0 unspecified atom stereocenters. The van der Waals surface area contributed by atoms with Gasteiger partial charge < -0.3 is 19.3 Å². The molecule has 6 rings (SSSR count). The maximum atomic E-state index is 13.9. The van der Waals surface area contributed by atoms with Crippen LogP contribution in [0.4, 0.5) is 5.13 Å². The fourth-order valence-corrected chi connectivity index (χ4v) is 7.19. The Morgan fingerprint density at radius 1 is 1.09 bits per heavy atom. The largest absolute Gasteiger partial charge is 0.507 e. The zero-order chi connectivity index (χ0) is 32.0. The maximum Gasteiger partial charge on any atom is 0.301 e. The summed E-state index contributed by atoms with van der Waals surface area (Å²) in [5, 5.41) is 12.2. The third-order valence-electron chi connectivity index (χ3n) is 8.17. The van der Waals surface area contributed by atoms with Crippen LogP contribution in [0.5, 0.6) is 17.2 Å². The molecule has 0 saturated carbocycles. The molecule has 8 nitrogen and oxygen atoms in total. The van der Waals surface area contributed by atoms with Crippen molar-refractivity contribution in [3.05, 3.63) is 81.9 Å². The predicted molar refractivity (Wildman–Crippen MR) is 177 cm³/mol. The highest BCUT2D eigenvalue weighted by molar-refractivity contribution is 7.22. The van der Waals surface area contributed by atoms with Gasteiger partial charge in [0.15, 0.2) is 16.6 Å². The number of carbonyl (C=O) groups is 2. The third kappa shape index (κ3) is 5.77. The first-order chi connectivity index (χ1) is 21.5. The van der Waals surface area contributed by atoms with Crippen LogP contribution in [0.3, 0.4) is 0 Å². The summed E-state index contributed by atoms with van der Waals surface area (Å²) in [6.45, 7) is 13.1. The maximum absolute atomic E-state index is 13.9. The van der Waals surface area contributed by atoms with Gasteiger partial charge in [-0.05, 0) is 98.7 Å². The molecule has 9 heteroatoms. The Morgan fingerprint density at radius 2 is 1.89 bits per heavy atom. The van der Waals surface area contributed by atoms with Gasteiger partial charge in [-0.15, -0.1) is 0 Å². The van der Waals surface area contributed by atoms with E-state index in [1.54, 1.807) is 24.3 Å². The van der Waals surface area contributed by atoms with Gasteiger partial charge >= 0.3 is 5.91 Å². The van der Waals surface area contributed by atoms with Crippen LogP contribution in [0, 0.1) is 19.8 Å². The smallest absolute Gasteiger partial charge is 0.301 e. The number of aliphatic hydroxyl groups is 1. The highest BCUT2D eigenvalue weighted by atomic mass is 32.1. The number of aryl methyl sites for hydroxylation is 2. The lowest BCUT2D eigenvalue weighted by molar-refractivity contribution is -0.132. The molecule has 4 aromatic rings. The van der Waals surface area contributed by atoms with Crippen molar-refractivity contribution in [1.29, 1.82) is 0 Å². The Kier molecular flexibility index (Phi) is 8.31. The van der Waals surface area contributed by atoms with Gasteiger partial charge in [-0.1, -0.05) is 37.3 Å². The second-order valence-corrected chi connectivity index (χ2v) is 13.2. The molecule has 1 fully saturated rings. The summed E-state index contributed by atoms with van der Waals surface area (Å²) in [5.74, 6) is 0.557. The molecule has 0 radical (unpaired) electrons. The van der Waals surface area contributed by atoms with Crippen molar-refractivity contribution in [1.82, 2.24) is 4.98 Å². The molecule has 3 heterocycles. The number of Topliss-reactive ketones (excluding diaryl/α,β-unsaturated/α-hetero) is 1. The number of fused-ring (bicyclic) bond motifs is 2. The summed E-state index contributed by atoms with van der Waals surface area (Å²) in [6.07, 6.45) is 1.59. The van der Waals surface area contributed by atoms with E-state index in [9.17, 15) is 14.7 Å². The molecule has 1 N–H and O–H groups in total. The lowest BCUT2D eigenvalue weighted by atomic mass is 9.94. The Hall–Kier alpha value is -4.37. The molecule has 45 heavy (non-hydrogen) atoms. The molecule has 0 aliphatic carbocycles. The normalized spacial score (nSPS) is 19.0. The zero-order valence-electron chi connectivity index (χ0n) is 26.5. The van der Waals surface area contributed by atoms with Crippen LogP contribution in [0.25, 0.3) is 16.0 Å². The zero-order valence-corrected chi connectivity index (χ0v) is 27.3. The Balaban J connectivity index is 1.51. The van der Waals surface area contributed by atoms with E-state index >= 15 is 0 Å². The molecule has 3 aromatic carbocycles. The lowest BCUT2D eigenvalue weighted by Gasteiger charge is -2.24. The second-order valence-electron chi connectivity index (χ2n) is 12.2. The van der Waals surface area contributed by atoms with E-state index < -0.39 is 17.7 Å². The highest BCUT2D eigenvalue weighted by Gasteiger charge is 2.48. The van der Waals surface area contributed by atoms with Crippen molar-refractivity contribution < 1.29 is 28.9 Å². The molecule has 2 atom stereocenters. The van der Waals surface area contributed by atoms with Gasteiger partial charge in [0.2, 0.25) is 0 Å². The fourth-order valence-electron chi connectivity index (χ4n) is 6.02. The van der Waals surface area contributed by atoms with Crippen molar-refractivity contribution >= 4 is 44.1 Å². The van der Waals surface area contributed by atoms with Crippen molar-refractivity contribution in [3.8, 4) is 17.2 Å². The van der Waals surface area contributed by atoms with Crippen LogP contribution >= 0.6 is 11.3 Å². The van der Waals surface area contributed by atoms with E-state index in [0.717, 1.165) is 39.1 Å². The van der Waals surface area contributed by atoms with E-state index in [1.165, 1.54) is 16.2 Å². The molecule has 0 bridgehead atoms. The molecular formula is C36H38N2O6S. The minimum atomic E-state index is -0.945. The minimum absolute atomic E-state index is 0.00463. The van der Waals surface area contributed by atoms with Gasteiger partial charge in [-0.3, -0.25) is 14.5 Å². The summed E-state index contributed by atoms with van der Waals surface area (Å²) in [7, 11) is 0. The number of ether oxygens (including phenoxy) is 3. The van der Waals surface area contributed by atoms with Crippen molar-refractivity contribution in [2.45, 2.75) is 66.5 Å². The first kappa shape index (κ1) is 30.6. The van der Waals surface area contributed by atoms with Gasteiger partial charge in [-0.2, -0.15) is 0 Å². The van der Waals surface area contributed by atoms with Crippen LogP contribution in [0.15, 0.2) is 54.1 Å². The molecule has 1 amide bonds. The van der Waals surface area contributed by atoms with Gasteiger partial charge in [0, 0.05) is 12.0 Å². The number of thiazole rings is 1. The van der Waals surface area contributed by atoms with Gasteiger partial charge in [0.25, 0.3) is 5.78 Å². The van der Waals surface area contributed by atoms with E-state index in [4.69, 9.17) is 19.2 Å². The Labute approximate surface area is 267 Å². The fraction of sp³-hybridized carbons (Fsp3) is 0.361. The van der Waals surface area contributed by atoms with E-state index in [2.05, 4.69) is 13.8 Å². The van der Waals surface area contributed by atoms with Crippen LogP contribution in [0.2, 0.25) is 0 Å². The number of benzene rings is 3. The lowest BCUT2D eigenvalue weighted by Crippen LogP contribution is -2.29. The molecule has 0 spiro atoms. The third-order valence-corrected chi connectivity index (χ3v) is 9.18. The van der Waals surface area contributed by atoms with Crippen molar-refractivity contribution in [2.75, 3.05) is 18.1 Å². The quantitative estimate of drug-likeness (QED) is 0.116. The minimum Gasteiger partial charge on any atom is -0.507 e. The number of ketones is 1. The standard InChI is InChI=1S/C36H38N2O6S/c1-7-42-28-18-23(8-11-27(28)43-13-12-19(2)3)32-30(33(39)24-9-10-26-25(17-24)16-22(6)44-26)34(40)35(41)38(32)36-37-31-21(5)14-20(4)15-29(31)45-36/h8-11,14-15,17-19,22,32,39H,7,12-13,16H2,1-6H3/t22-,32-/m1/s1. The number of aliphatic hydroxyl groups excluding tert-OH is 1. The molecule has 2 aliphatic heterocycles. The topological polar surface area (TPSA) is 98.2 Å². The second kappa shape index (κ2) is 12.2. The molecule has 2 aliphatic rings. The first-order valence-corrected chi connectivity index (χ1v) is 16.3. The average Bonchev–Trinajstić information content (AvgIpc) is 3.65. The number of nitrogens with zero attached hydrogens (tertiary/aromatic N) is 2. The van der Waals surface area contributed by atoms with Crippen LogP contribution in [-0.2, 0) is 16.0 Å². The summed E-state index contributed by atoms with van der Waals surface area (Å²) in [5.41, 5.74) is 4.82. The Bertz CT molecular complexity index is 1840. The number of hydrogen-bond acceptors (Lipinski definition) is 8. The number of anilines is 1. The van der Waals surface area contributed by atoms with Crippen molar-refractivity contribution in [2.24, 2.45) is 5.92 Å². The number of hydrogen-bond donors (Lipinski definition) is 1. The Morgan fingerprint density at radius 3 is 2.64 bits per heavy atom. The van der Waals surface area contributed by atoms with E-state index in [0.29, 0.717) is 53.3 Å². The monoisotopic (exact) mass is 626 g/mol. The number of amides is 1. The van der Waals surface area contributed by atoms with Crippen LogP contribution in [-0.4, -0.2) is 41.1 Å². The molecule has 1 aromatic heterocycles. The SMILES string of the molecule is CCOc1cc([C@@H]2C(=C(O)c3ccc4c(c3)C[C@@H](C)O4)C(=O)C(=O)N2c2nc3c(C)cc(C)cc3s2)ccc1OCCC(C)C. The summed E-state index contributed by atoms with van der Waals surface area (Å²) in [6, 6.07) is 13.9. The number of rotatable bonds is 9. The predicted octanol–water partition coefficient (Wildman–Crippen LogP) is 7.69. The average molecular weight is 627 g/mol. The summed E-state index contributed by atoms with van der Waals surface area (Å²) >= 11 is 1.35. The van der Waals surface area contributed by atoms with Gasteiger partial charge in [-0.25, -0.2) is 4.98 Å².